The van der Waals surface area contributed by atoms with Crippen molar-refractivity contribution in [3.63, 3.8) is 0 Å². The summed E-state index contributed by atoms with van der Waals surface area (Å²) in [5, 5.41) is 1.44. The molecule has 12 heavy (non-hydrogen) atoms. The zero-order valence-electron chi connectivity index (χ0n) is 8.04. The Balaban J connectivity index is 2.98. The fraction of sp³-hybridized carbons (Fsp3) is 0.400. The lowest BCUT2D eigenvalue weighted by molar-refractivity contribution is 0.981. The largest absolute Gasteiger partial charge is 0.330 e. The van der Waals surface area contributed by atoms with Crippen molar-refractivity contribution < 1.29 is 0 Å². The van der Waals surface area contributed by atoms with E-state index < -0.39 is 8.07 Å². The van der Waals surface area contributed by atoms with Gasteiger partial charge in [0, 0.05) is 0 Å². The van der Waals surface area contributed by atoms with E-state index in [1.807, 2.05) is 0 Å². The summed E-state index contributed by atoms with van der Waals surface area (Å²) in [7, 11) is -1.38. The third kappa shape index (κ3) is 1.76. The lowest BCUT2D eigenvalue weighted by Gasteiger charge is -2.26. The number of nitrogens with two attached hydrogens (primary N) is 1. The lowest BCUT2D eigenvalue weighted by Crippen LogP contribution is -2.55. The Hall–Kier alpha value is -0.603. The van der Waals surface area contributed by atoms with Crippen molar-refractivity contribution in [1.82, 2.24) is 0 Å². The maximum Gasteiger partial charge on any atom is 0.0977 e. The van der Waals surface area contributed by atoms with Crippen molar-refractivity contribution in [2.75, 3.05) is 0 Å². The normalized spacial score (nSPS) is 14.3. The number of hydrogen-bond acceptors (Lipinski definition) is 1. The highest BCUT2D eigenvalue weighted by Gasteiger charge is 2.27. The molecule has 1 aromatic carbocycles. The Morgan fingerprint density at radius 3 is 2.08 bits per heavy atom. The molecule has 1 nitrogen and oxygen atoms in total. The van der Waals surface area contributed by atoms with E-state index in [9.17, 15) is 0 Å². The number of hydrogen-bond donors (Lipinski definition) is 1. The fourth-order valence-electron chi connectivity index (χ4n) is 1.13. The highest BCUT2D eigenvalue weighted by Crippen LogP contribution is 2.06. The monoisotopic (exact) mass is 179 g/mol. The molecule has 1 aromatic rings. The lowest BCUT2D eigenvalue weighted by atomic mass is 10.4. The molecule has 0 spiro atoms. The second kappa shape index (κ2) is 3.41. The Bertz CT molecular complexity index is 241. The van der Waals surface area contributed by atoms with Crippen LogP contribution in [0.15, 0.2) is 30.3 Å². The van der Waals surface area contributed by atoms with Crippen LogP contribution in [0.1, 0.15) is 6.92 Å². The molecule has 0 bridgehead atoms. The van der Waals surface area contributed by atoms with E-state index >= 15 is 0 Å². The standard InChI is InChI=1S/C10H17NSi/c1-9(11)12(2,3)10-7-5-4-6-8-10/h4-9H,11H2,1-3H3. The van der Waals surface area contributed by atoms with Gasteiger partial charge in [-0.3, -0.25) is 0 Å². The van der Waals surface area contributed by atoms with Gasteiger partial charge in [0.1, 0.15) is 0 Å². The molecule has 0 fully saturated rings. The quantitative estimate of drug-likeness (QED) is 0.684. The van der Waals surface area contributed by atoms with Gasteiger partial charge in [-0.15, -0.1) is 0 Å². The molecule has 0 saturated carbocycles. The van der Waals surface area contributed by atoms with E-state index in [4.69, 9.17) is 5.73 Å². The second-order valence-electron chi connectivity index (χ2n) is 3.88. The van der Waals surface area contributed by atoms with Crippen LogP contribution in [0.3, 0.4) is 0 Å². The van der Waals surface area contributed by atoms with Crippen LogP contribution in [0.5, 0.6) is 0 Å². The maximum absolute atomic E-state index is 5.96. The van der Waals surface area contributed by atoms with Gasteiger partial charge in [-0.25, -0.2) is 0 Å². The average Bonchev–Trinajstić information content (AvgIpc) is 2.06. The van der Waals surface area contributed by atoms with Crippen LogP contribution in [-0.4, -0.2) is 13.7 Å². The van der Waals surface area contributed by atoms with Gasteiger partial charge in [-0.1, -0.05) is 55.5 Å². The van der Waals surface area contributed by atoms with Crippen LogP contribution in [-0.2, 0) is 0 Å². The Morgan fingerprint density at radius 1 is 1.17 bits per heavy atom. The minimum atomic E-state index is -1.38. The van der Waals surface area contributed by atoms with Gasteiger partial charge in [0.05, 0.1) is 8.07 Å². The smallest absolute Gasteiger partial charge is 0.0977 e. The third-order valence-electron chi connectivity index (χ3n) is 2.66. The summed E-state index contributed by atoms with van der Waals surface area (Å²) in [5.41, 5.74) is 6.28. The summed E-state index contributed by atoms with van der Waals surface area (Å²) in [6, 6.07) is 10.6. The molecule has 0 radical (unpaired) electrons. The van der Waals surface area contributed by atoms with E-state index in [1.165, 1.54) is 5.19 Å². The summed E-state index contributed by atoms with van der Waals surface area (Å²) in [6.07, 6.45) is 0. The summed E-state index contributed by atoms with van der Waals surface area (Å²) < 4.78 is 0. The van der Waals surface area contributed by atoms with E-state index in [0.29, 0.717) is 5.67 Å². The SMILES string of the molecule is CC(N)[Si](C)(C)c1ccccc1. The van der Waals surface area contributed by atoms with Gasteiger partial charge in [0.2, 0.25) is 0 Å². The molecule has 0 aliphatic heterocycles. The third-order valence-corrected chi connectivity index (χ3v) is 6.75. The average molecular weight is 179 g/mol. The Labute approximate surface area is 75.6 Å². The van der Waals surface area contributed by atoms with Crippen LogP contribution in [0.25, 0.3) is 0 Å². The molecule has 1 rings (SSSR count). The van der Waals surface area contributed by atoms with Crippen molar-refractivity contribution in [3.8, 4) is 0 Å². The van der Waals surface area contributed by atoms with Crippen LogP contribution in [0.4, 0.5) is 0 Å². The second-order valence-corrected chi connectivity index (χ2v) is 8.81. The number of rotatable bonds is 2. The molecule has 2 heteroatoms. The van der Waals surface area contributed by atoms with Crippen molar-refractivity contribution in [1.29, 1.82) is 0 Å². The zero-order chi connectivity index (χ0) is 9.19. The minimum absolute atomic E-state index is 0.319. The summed E-state index contributed by atoms with van der Waals surface area (Å²) in [6.45, 7) is 6.74. The highest BCUT2D eigenvalue weighted by atomic mass is 28.3. The molecule has 0 aromatic heterocycles. The first kappa shape index (κ1) is 9.48. The van der Waals surface area contributed by atoms with Crippen molar-refractivity contribution in [3.05, 3.63) is 30.3 Å². The van der Waals surface area contributed by atoms with Crippen molar-refractivity contribution in [2.24, 2.45) is 5.73 Å². The topological polar surface area (TPSA) is 26.0 Å². The van der Waals surface area contributed by atoms with Gasteiger partial charge in [0.15, 0.2) is 0 Å². The minimum Gasteiger partial charge on any atom is -0.330 e. The first-order valence-electron chi connectivity index (χ1n) is 4.36. The predicted molar refractivity (Wildman–Crippen MR) is 57.2 cm³/mol. The first-order chi connectivity index (χ1) is 5.55. The fourth-order valence-corrected chi connectivity index (χ4v) is 2.71. The van der Waals surface area contributed by atoms with Gasteiger partial charge < -0.3 is 5.73 Å². The highest BCUT2D eigenvalue weighted by molar-refractivity contribution is 6.90. The van der Waals surface area contributed by atoms with Gasteiger partial charge in [-0.05, 0) is 5.67 Å². The molecule has 1 unspecified atom stereocenters. The molecule has 0 saturated heterocycles. The van der Waals surface area contributed by atoms with E-state index in [2.05, 4.69) is 50.3 Å². The van der Waals surface area contributed by atoms with Crippen LogP contribution >= 0.6 is 0 Å². The summed E-state index contributed by atoms with van der Waals surface area (Å²) >= 11 is 0. The van der Waals surface area contributed by atoms with Gasteiger partial charge in [0.25, 0.3) is 0 Å². The molecule has 0 amide bonds. The molecule has 0 aliphatic rings. The Kier molecular flexibility index (Phi) is 2.70. The molecule has 66 valence electrons. The van der Waals surface area contributed by atoms with Crippen molar-refractivity contribution >= 4 is 13.3 Å². The van der Waals surface area contributed by atoms with Crippen molar-refractivity contribution in [2.45, 2.75) is 25.7 Å². The van der Waals surface area contributed by atoms with Crippen LogP contribution in [0, 0.1) is 0 Å². The molecule has 1 atom stereocenters. The molecular formula is C10H17NSi. The van der Waals surface area contributed by atoms with Gasteiger partial charge >= 0.3 is 0 Å². The first-order valence-corrected chi connectivity index (χ1v) is 7.44. The van der Waals surface area contributed by atoms with Crippen LogP contribution < -0.4 is 10.9 Å². The van der Waals surface area contributed by atoms with Gasteiger partial charge in [-0.2, -0.15) is 0 Å². The summed E-state index contributed by atoms with van der Waals surface area (Å²) in [4.78, 5) is 0. The zero-order valence-corrected chi connectivity index (χ0v) is 9.04. The van der Waals surface area contributed by atoms with Crippen LogP contribution in [0.2, 0.25) is 13.1 Å². The maximum atomic E-state index is 5.96. The molecule has 0 aliphatic carbocycles. The summed E-state index contributed by atoms with van der Waals surface area (Å²) in [5.74, 6) is 0. The molecular weight excluding hydrogens is 162 g/mol. The predicted octanol–water partition coefficient (Wildman–Crippen LogP) is 1.49. The molecule has 0 heterocycles. The Morgan fingerprint density at radius 2 is 1.67 bits per heavy atom. The van der Waals surface area contributed by atoms with E-state index in [0.717, 1.165) is 0 Å². The van der Waals surface area contributed by atoms with E-state index in [-0.39, 0.29) is 0 Å². The van der Waals surface area contributed by atoms with E-state index in [1.54, 1.807) is 0 Å². The molecule has 2 N–H and O–H groups in total. The number of benzene rings is 1.